The first kappa shape index (κ1) is 28.0. The molecule has 0 bridgehead atoms. The molecule has 0 spiro atoms. The van der Waals surface area contributed by atoms with E-state index in [0.29, 0.717) is 47.0 Å². The van der Waals surface area contributed by atoms with Gasteiger partial charge in [-0.25, -0.2) is 14.4 Å². The molecule has 0 saturated heterocycles. The number of likely N-dealkylation sites (N-methyl/N-ethyl adjacent to an activating group) is 1. The highest BCUT2D eigenvalue weighted by molar-refractivity contribution is 6.00. The van der Waals surface area contributed by atoms with Crippen LogP contribution in [0.3, 0.4) is 0 Å². The summed E-state index contributed by atoms with van der Waals surface area (Å²) < 4.78 is 20.5. The summed E-state index contributed by atoms with van der Waals surface area (Å²) >= 11 is 0. The fourth-order valence-electron chi connectivity index (χ4n) is 4.94. The molecular weight excluding hydrogens is 547 g/mol. The second kappa shape index (κ2) is 12.0. The number of amides is 1. The molecule has 0 fully saturated rings. The van der Waals surface area contributed by atoms with Gasteiger partial charge in [-0.3, -0.25) is 14.9 Å². The Bertz CT molecular complexity index is 1930. The van der Waals surface area contributed by atoms with Gasteiger partial charge in [-0.05, 0) is 68.0 Å². The van der Waals surface area contributed by atoms with E-state index in [2.05, 4.69) is 35.5 Å². The lowest BCUT2D eigenvalue weighted by Gasteiger charge is -2.12. The lowest BCUT2D eigenvalue weighted by Crippen LogP contribution is -2.19. The third kappa shape index (κ3) is 6.07. The van der Waals surface area contributed by atoms with Crippen LogP contribution >= 0.6 is 0 Å². The highest BCUT2D eigenvalue weighted by Gasteiger charge is 2.17. The first-order chi connectivity index (χ1) is 20.9. The van der Waals surface area contributed by atoms with Gasteiger partial charge in [0.1, 0.15) is 29.5 Å². The summed E-state index contributed by atoms with van der Waals surface area (Å²) in [4.78, 5) is 30.9. The summed E-state index contributed by atoms with van der Waals surface area (Å²) in [6.07, 6.45) is 8.00. The normalized spacial score (nSPS) is 11.5. The van der Waals surface area contributed by atoms with Crippen molar-refractivity contribution in [3.8, 4) is 39.4 Å². The average Bonchev–Trinajstić information content (AvgIpc) is 3.60. The average molecular weight is 579 g/mol. The fraction of sp³-hybridized carbons (Fsp3) is 0.219. The Morgan fingerprint density at radius 2 is 1.84 bits per heavy atom. The van der Waals surface area contributed by atoms with E-state index in [4.69, 9.17) is 4.74 Å². The first-order valence-electron chi connectivity index (χ1n) is 14.0. The molecule has 0 aliphatic heterocycles. The Labute approximate surface area is 247 Å². The number of anilines is 1. The van der Waals surface area contributed by atoms with Crippen LogP contribution in [0.4, 0.5) is 10.1 Å². The Morgan fingerprint density at radius 1 is 0.977 bits per heavy atom. The smallest absolute Gasteiger partial charge is 0.224 e. The summed E-state index contributed by atoms with van der Waals surface area (Å²) in [5.74, 6) is 0.0432. The third-order valence-electron chi connectivity index (χ3n) is 7.03. The standard InChI is InChI=1S/C32H31FN8O2/c1-4-5-29(42)37-23-11-20(16-34-18-23)21-13-27-30(39-40-32(27)36-17-21)28-15-26-25(6-7-35-31(26)38-28)19-10-22(33)14-24(12-19)43-9-8-41(2)3/h6-7,10-18H,4-5,8-9H2,1-3H3,(H,35,38)(H,37,42)(H,36,39,40). The van der Waals surface area contributed by atoms with Gasteiger partial charge in [0, 0.05) is 59.5 Å². The largest absolute Gasteiger partial charge is 0.492 e. The van der Waals surface area contributed by atoms with Crippen LogP contribution in [0.25, 0.3) is 55.7 Å². The number of aromatic nitrogens is 6. The highest BCUT2D eigenvalue weighted by Crippen LogP contribution is 2.35. The van der Waals surface area contributed by atoms with Gasteiger partial charge in [0.05, 0.1) is 17.6 Å². The van der Waals surface area contributed by atoms with Crippen LogP contribution in [0.2, 0.25) is 0 Å². The number of hydrogen-bond donors (Lipinski definition) is 3. The number of carbonyl (C=O) groups is 1. The maximum Gasteiger partial charge on any atom is 0.224 e. The second-order valence-corrected chi connectivity index (χ2v) is 10.6. The molecule has 11 heteroatoms. The molecule has 43 heavy (non-hydrogen) atoms. The van der Waals surface area contributed by atoms with E-state index < -0.39 is 0 Å². The number of rotatable bonds is 10. The lowest BCUT2D eigenvalue weighted by atomic mass is 10.0. The number of ether oxygens (including phenoxy) is 1. The van der Waals surface area contributed by atoms with Crippen molar-refractivity contribution in [2.45, 2.75) is 19.8 Å². The predicted octanol–water partition coefficient (Wildman–Crippen LogP) is 6.05. The van der Waals surface area contributed by atoms with E-state index >= 15 is 0 Å². The highest BCUT2D eigenvalue weighted by atomic mass is 19.1. The topological polar surface area (TPSA) is 125 Å². The summed E-state index contributed by atoms with van der Waals surface area (Å²) in [6, 6.07) is 12.4. The van der Waals surface area contributed by atoms with E-state index in [1.165, 1.54) is 12.1 Å². The zero-order valence-corrected chi connectivity index (χ0v) is 24.1. The number of halogens is 1. The van der Waals surface area contributed by atoms with Gasteiger partial charge in [-0.2, -0.15) is 5.10 Å². The molecule has 5 aromatic heterocycles. The molecule has 5 heterocycles. The Kier molecular flexibility index (Phi) is 7.80. The molecule has 0 unspecified atom stereocenters. The minimum Gasteiger partial charge on any atom is -0.492 e. The van der Waals surface area contributed by atoms with Crippen LogP contribution in [-0.2, 0) is 4.79 Å². The van der Waals surface area contributed by atoms with Crippen LogP contribution in [0.5, 0.6) is 5.75 Å². The quantitative estimate of drug-likeness (QED) is 0.181. The molecule has 0 aliphatic rings. The van der Waals surface area contributed by atoms with Gasteiger partial charge in [-0.15, -0.1) is 0 Å². The van der Waals surface area contributed by atoms with Crippen molar-refractivity contribution in [2.75, 3.05) is 32.6 Å². The maximum atomic E-state index is 14.6. The summed E-state index contributed by atoms with van der Waals surface area (Å²) in [7, 11) is 3.92. The number of pyridine rings is 3. The monoisotopic (exact) mass is 578 g/mol. The molecular formula is C32H31FN8O2. The Balaban J connectivity index is 1.35. The Morgan fingerprint density at radius 3 is 2.67 bits per heavy atom. The lowest BCUT2D eigenvalue weighted by molar-refractivity contribution is -0.116. The third-order valence-corrected chi connectivity index (χ3v) is 7.03. The Hall–Kier alpha value is -5.16. The van der Waals surface area contributed by atoms with E-state index in [0.717, 1.165) is 46.1 Å². The fourth-order valence-corrected chi connectivity index (χ4v) is 4.94. The number of fused-ring (bicyclic) bond motifs is 2. The van der Waals surface area contributed by atoms with Gasteiger partial charge < -0.3 is 19.9 Å². The van der Waals surface area contributed by atoms with Gasteiger partial charge in [0.25, 0.3) is 0 Å². The number of benzene rings is 1. The molecule has 0 saturated carbocycles. The molecule has 10 nitrogen and oxygen atoms in total. The molecule has 218 valence electrons. The molecule has 0 aliphatic carbocycles. The van der Waals surface area contributed by atoms with E-state index in [9.17, 15) is 9.18 Å². The van der Waals surface area contributed by atoms with Crippen molar-refractivity contribution >= 4 is 33.7 Å². The zero-order chi connectivity index (χ0) is 29.9. The van der Waals surface area contributed by atoms with Crippen molar-refractivity contribution in [1.82, 2.24) is 35.0 Å². The van der Waals surface area contributed by atoms with Crippen molar-refractivity contribution in [1.29, 1.82) is 0 Å². The number of aromatic amines is 2. The minimum absolute atomic E-state index is 0.0507. The van der Waals surface area contributed by atoms with Crippen LogP contribution in [0, 0.1) is 5.82 Å². The van der Waals surface area contributed by atoms with E-state index in [1.54, 1.807) is 24.8 Å². The van der Waals surface area contributed by atoms with Crippen molar-refractivity contribution < 1.29 is 13.9 Å². The molecule has 3 N–H and O–H groups in total. The van der Waals surface area contributed by atoms with Crippen molar-refractivity contribution in [2.24, 2.45) is 0 Å². The summed E-state index contributed by atoms with van der Waals surface area (Å²) in [6.45, 7) is 3.13. The number of nitrogens with zero attached hydrogens (tertiary/aromatic N) is 5. The maximum absolute atomic E-state index is 14.6. The number of carbonyl (C=O) groups excluding carboxylic acids is 1. The summed E-state index contributed by atoms with van der Waals surface area (Å²) in [5.41, 5.74) is 6.43. The van der Waals surface area contributed by atoms with Crippen LogP contribution < -0.4 is 10.1 Å². The van der Waals surface area contributed by atoms with Crippen molar-refractivity contribution in [3.05, 3.63) is 73.1 Å². The van der Waals surface area contributed by atoms with Crippen LogP contribution in [0.15, 0.2) is 67.3 Å². The number of nitrogens with one attached hydrogen (secondary N) is 3. The van der Waals surface area contributed by atoms with Crippen LogP contribution in [0.1, 0.15) is 19.8 Å². The molecule has 0 atom stereocenters. The van der Waals surface area contributed by atoms with E-state index in [1.807, 2.05) is 56.3 Å². The molecule has 0 radical (unpaired) electrons. The predicted molar refractivity (Wildman–Crippen MR) is 165 cm³/mol. The molecule has 6 aromatic rings. The van der Waals surface area contributed by atoms with Gasteiger partial charge in [0.2, 0.25) is 5.91 Å². The van der Waals surface area contributed by atoms with Gasteiger partial charge in [-0.1, -0.05) is 6.92 Å². The summed E-state index contributed by atoms with van der Waals surface area (Å²) in [5, 5.41) is 12.1. The molecule has 1 amide bonds. The first-order valence-corrected chi connectivity index (χ1v) is 14.0. The van der Waals surface area contributed by atoms with Crippen molar-refractivity contribution in [3.63, 3.8) is 0 Å². The molecule has 1 aromatic carbocycles. The SMILES string of the molecule is CCCC(=O)Nc1cncc(-c2cnc3[nH]nc(-c4cc5c(-c6cc(F)cc(OCCN(C)C)c6)ccnc5[nH]4)c3c2)c1. The second-order valence-electron chi connectivity index (χ2n) is 10.6. The van der Waals surface area contributed by atoms with Crippen LogP contribution in [-0.4, -0.2) is 68.2 Å². The van der Waals surface area contributed by atoms with Gasteiger partial charge >= 0.3 is 0 Å². The molecule has 6 rings (SSSR count). The zero-order valence-electron chi connectivity index (χ0n) is 24.1. The number of H-pyrrole nitrogens is 2. The minimum atomic E-state index is -0.376. The van der Waals surface area contributed by atoms with E-state index in [-0.39, 0.29) is 11.7 Å². The van der Waals surface area contributed by atoms with Gasteiger partial charge in [0.15, 0.2) is 5.65 Å². The number of hydrogen-bond acceptors (Lipinski definition) is 7.